The Kier molecular flexibility index (Phi) is 6.58. The van der Waals surface area contributed by atoms with Gasteiger partial charge < -0.3 is 20.2 Å². The van der Waals surface area contributed by atoms with Crippen molar-refractivity contribution in [2.45, 2.75) is 0 Å². The third-order valence-corrected chi connectivity index (χ3v) is 6.42. The molecular weight excluding hydrogens is 428 g/mol. The molecule has 2 heterocycles. The van der Waals surface area contributed by atoms with Crippen LogP contribution in [0.5, 0.6) is 0 Å². The molecule has 0 atom stereocenters. The van der Waals surface area contributed by atoms with Crippen molar-refractivity contribution < 1.29 is 19.5 Å². The lowest BCUT2D eigenvalue weighted by molar-refractivity contribution is 0.0703. The molecule has 0 saturated carbocycles. The van der Waals surface area contributed by atoms with E-state index < -0.39 is 5.97 Å². The number of aromatic carboxylic acids is 1. The highest BCUT2D eigenvalue weighted by Gasteiger charge is 2.24. The second-order valence-corrected chi connectivity index (χ2v) is 8.33. The fourth-order valence-corrected chi connectivity index (χ4v) is 4.57. The minimum atomic E-state index is -1.05. The van der Waals surface area contributed by atoms with Crippen LogP contribution in [0.3, 0.4) is 0 Å². The third kappa shape index (κ3) is 4.84. The van der Waals surface area contributed by atoms with Crippen LogP contribution < -0.4 is 15.7 Å². The van der Waals surface area contributed by atoms with E-state index in [9.17, 15) is 14.7 Å². The summed E-state index contributed by atoms with van der Waals surface area (Å²) in [5.74, 6) is -1.05. The minimum Gasteiger partial charge on any atom is -0.477 e. The largest absolute Gasteiger partial charge is 0.477 e. The van der Waals surface area contributed by atoms with Crippen molar-refractivity contribution in [2.75, 3.05) is 49.0 Å². The fraction of sp³-hybridized carbons (Fsp3) is 0.217. The van der Waals surface area contributed by atoms with Gasteiger partial charge in [0.2, 0.25) is 0 Å². The van der Waals surface area contributed by atoms with Gasteiger partial charge >= 0.3 is 12.0 Å². The standard InChI is InChI=1S/C23H24N4O4S/c1-31-25-17-7-9-18(10-8-17)26-11-13-27(14-12-26)23(30)24-19-15-20(32-21(19)22(28)29)16-5-3-2-4-6-16/h2-10,15,25H,11-14H2,1H3,(H,24,30)(H,28,29). The van der Waals surface area contributed by atoms with Crippen molar-refractivity contribution in [1.82, 2.24) is 4.90 Å². The molecule has 0 aliphatic carbocycles. The van der Waals surface area contributed by atoms with E-state index in [1.807, 2.05) is 54.6 Å². The summed E-state index contributed by atoms with van der Waals surface area (Å²) in [5.41, 5.74) is 5.98. The smallest absolute Gasteiger partial charge is 0.348 e. The molecule has 3 N–H and O–H groups in total. The van der Waals surface area contributed by atoms with E-state index in [0.717, 1.165) is 33.2 Å². The normalized spacial score (nSPS) is 13.7. The summed E-state index contributed by atoms with van der Waals surface area (Å²) >= 11 is 1.16. The molecular formula is C23H24N4O4S. The van der Waals surface area contributed by atoms with Gasteiger partial charge in [-0.15, -0.1) is 11.3 Å². The number of carboxylic acids is 1. The third-order valence-electron chi connectivity index (χ3n) is 5.25. The van der Waals surface area contributed by atoms with Crippen molar-refractivity contribution in [3.63, 3.8) is 0 Å². The average Bonchev–Trinajstić information content (AvgIpc) is 3.25. The molecule has 1 aliphatic heterocycles. The number of nitrogens with one attached hydrogen (secondary N) is 2. The van der Waals surface area contributed by atoms with Gasteiger partial charge in [-0.1, -0.05) is 30.3 Å². The number of amides is 2. The summed E-state index contributed by atoms with van der Waals surface area (Å²) in [6.45, 7) is 2.47. The van der Waals surface area contributed by atoms with Gasteiger partial charge in [-0.2, -0.15) is 0 Å². The van der Waals surface area contributed by atoms with Gasteiger partial charge in [0.25, 0.3) is 0 Å². The quantitative estimate of drug-likeness (QED) is 0.479. The first-order valence-electron chi connectivity index (χ1n) is 10.2. The molecule has 0 bridgehead atoms. The van der Waals surface area contributed by atoms with E-state index in [1.165, 1.54) is 0 Å². The molecule has 3 aromatic rings. The molecule has 1 saturated heterocycles. The summed E-state index contributed by atoms with van der Waals surface area (Å²) in [5, 5.41) is 12.4. The topological polar surface area (TPSA) is 94.1 Å². The maximum Gasteiger partial charge on any atom is 0.348 e. The second-order valence-electron chi connectivity index (χ2n) is 7.28. The van der Waals surface area contributed by atoms with E-state index >= 15 is 0 Å². The molecule has 9 heteroatoms. The number of carboxylic acid groups (broad SMARTS) is 1. The van der Waals surface area contributed by atoms with Gasteiger partial charge in [-0.3, -0.25) is 10.3 Å². The number of hydrogen-bond donors (Lipinski definition) is 3. The fourth-order valence-electron chi connectivity index (χ4n) is 3.61. The van der Waals surface area contributed by atoms with Gasteiger partial charge in [0.1, 0.15) is 4.88 Å². The summed E-state index contributed by atoms with van der Waals surface area (Å²) in [6, 6.07) is 18.9. The van der Waals surface area contributed by atoms with E-state index in [2.05, 4.69) is 15.7 Å². The lowest BCUT2D eigenvalue weighted by Gasteiger charge is -2.36. The number of nitrogens with zero attached hydrogens (tertiary/aromatic N) is 2. The number of anilines is 3. The minimum absolute atomic E-state index is 0.126. The number of thiophene rings is 1. The zero-order valence-electron chi connectivity index (χ0n) is 17.6. The molecule has 0 radical (unpaired) electrons. The van der Waals surface area contributed by atoms with Crippen molar-refractivity contribution in [3.8, 4) is 10.4 Å². The van der Waals surface area contributed by atoms with Gasteiger partial charge in [0, 0.05) is 36.7 Å². The van der Waals surface area contributed by atoms with Crippen LogP contribution in [0.15, 0.2) is 60.7 Å². The molecule has 0 spiro atoms. The number of carbonyl (C=O) groups excluding carboxylic acids is 1. The highest BCUT2D eigenvalue weighted by atomic mass is 32.1. The van der Waals surface area contributed by atoms with Crippen LogP contribution >= 0.6 is 11.3 Å². The predicted octanol–water partition coefficient (Wildman–Crippen LogP) is 4.44. The maximum atomic E-state index is 12.8. The van der Waals surface area contributed by atoms with Crippen molar-refractivity contribution in [3.05, 3.63) is 65.5 Å². The van der Waals surface area contributed by atoms with Gasteiger partial charge in [0.15, 0.2) is 0 Å². The van der Waals surface area contributed by atoms with E-state index in [-0.39, 0.29) is 10.9 Å². The number of rotatable bonds is 6. The Labute approximate surface area is 190 Å². The molecule has 32 heavy (non-hydrogen) atoms. The van der Waals surface area contributed by atoms with Crippen LogP contribution in [0.4, 0.5) is 21.9 Å². The van der Waals surface area contributed by atoms with Crippen LogP contribution in [0, 0.1) is 0 Å². The van der Waals surface area contributed by atoms with Crippen LogP contribution in [0.1, 0.15) is 9.67 Å². The summed E-state index contributed by atoms with van der Waals surface area (Å²) in [4.78, 5) is 34.3. The lowest BCUT2D eigenvalue weighted by Crippen LogP contribution is -2.50. The maximum absolute atomic E-state index is 12.8. The molecule has 8 nitrogen and oxygen atoms in total. The Bertz CT molecular complexity index is 1080. The predicted molar refractivity (Wildman–Crippen MR) is 127 cm³/mol. The second kappa shape index (κ2) is 9.71. The number of piperazine rings is 1. The van der Waals surface area contributed by atoms with Crippen molar-refractivity contribution >= 4 is 40.4 Å². The molecule has 1 aliphatic rings. The van der Waals surface area contributed by atoms with Crippen molar-refractivity contribution in [2.24, 2.45) is 0 Å². The average molecular weight is 453 g/mol. The number of benzene rings is 2. The first-order chi connectivity index (χ1) is 15.5. The van der Waals surface area contributed by atoms with Crippen molar-refractivity contribution in [1.29, 1.82) is 0 Å². The van der Waals surface area contributed by atoms with E-state index in [1.54, 1.807) is 18.1 Å². The first kappa shape index (κ1) is 21.7. The molecule has 0 unspecified atom stereocenters. The molecule has 2 aromatic carbocycles. The number of carbonyl (C=O) groups is 2. The first-order valence-corrected chi connectivity index (χ1v) is 11.0. The molecule has 4 rings (SSSR count). The van der Waals surface area contributed by atoms with Gasteiger partial charge in [-0.25, -0.2) is 9.59 Å². The van der Waals surface area contributed by atoms with Gasteiger partial charge in [-0.05, 0) is 35.9 Å². The number of urea groups is 1. The molecule has 1 fully saturated rings. The Morgan fingerprint density at radius 2 is 1.69 bits per heavy atom. The van der Waals surface area contributed by atoms with Gasteiger partial charge in [0.05, 0.1) is 18.5 Å². The van der Waals surface area contributed by atoms with Crippen LogP contribution in [0.25, 0.3) is 10.4 Å². The zero-order chi connectivity index (χ0) is 22.5. The Hall–Kier alpha value is -3.56. The van der Waals surface area contributed by atoms with Crippen LogP contribution in [-0.4, -0.2) is 55.3 Å². The Morgan fingerprint density at radius 1 is 1.00 bits per heavy atom. The Balaban J connectivity index is 1.40. The molecule has 2 amide bonds. The summed E-state index contributed by atoms with van der Waals surface area (Å²) in [7, 11) is 1.57. The number of hydrogen-bond acceptors (Lipinski definition) is 6. The molecule has 1 aromatic heterocycles. The highest BCUT2D eigenvalue weighted by Crippen LogP contribution is 2.35. The molecule has 166 valence electrons. The van der Waals surface area contributed by atoms with Crippen LogP contribution in [0.2, 0.25) is 0 Å². The monoisotopic (exact) mass is 452 g/mol. The Morgan fingerprint density at radius 3 is 2.31 bits per heavy atom. The van der Waals surface area contributed by atoms with Crippen LogP contribution in [-0.2, 0) is 4.84 Å². The van der Waals surface area contributed by atoms with E-state index in [4.69, 9.17) is 4.84 Å². The SMILES string of the molecule is CONc1ccc(N2CCN(C(=O)Nc3cc(-c4ccccc4)sc3C(=O)O)CC2)cc1. The highest BCUT2D eigenvalue weighted by molar-refractivity contribution is 7.18. The zero-order valence-corrected chi connectivity index (χ0v) is 18.4. The summed E-state index contributed by atoms with van der Waals surface area (Å²) in [6.07, 6.45) is 0. The summed E-state index contributed by atoms with van der Waals surface area (Å²) < 4.78 is 0. The lowest BCUT2D eigenvalue weighted by atomic mass is 10.2. The van der Waals surface area contributed by atoms with E-state index in [0.29, 0.717) is 31.9 Å².